The third-order valence-corrected chi connectivity index (χ3v) is 5.55. The van der Waals surface area contributed by atoms with E-state index in [9.17, 15) is 0 Å². The van der Waals surface area contributed by atoms with Crippen molar-refractivity contribution in [3.63, 3.8) is 0 Å². The smallest absolute Gasteiger partial charge is 0.0110 e. The van der Waals surface area contributed by atoms with E-state index in [0.29, 0.717) is 6.04 Å². The lowest BCUT2D eigenvalue weighted by atomic mass is 9.72. The van der Waals surface area contributed by atoms with Crippen LogP contribution in [0.1, 0.15) is 67.2 Å². The normalized spacial score (nSPS) is 30.6. The average molecular weight is 297 g/mol. The van der Waals surface area contributed by atoms with Crippen LogP contribution in [0, 0.1) is 23.7 Å². The van der Waals surface area contributed by atoms with Crippen molar-refractivity contribution in [2.45, 2.75) is 79.3 Å². The van der Waals surface area contributed by atoms with E-state index in [1.54, 1.807) is 0 Å². The monoisotopic (exact) mass is 296 g/mol. The van der Waals surface area contributed by atoms with E-state index in [1.807, 2.05) is 0 Å². The van der Waals surface area contributed by atoms with Gasteiger partial charge in [0.1, 0.15) is 0 Å². The molecule has 0 aliphatic heterocycles. The first-order valence-corrected chi connectivity index (χ1v) is 9.34. The summed E-state index contributed by atoms with van der Waals surface area (Å²) in [6.45, 7) is 16.8. The first-order chi connectivity index (χ1) is 9.92. The highest BCUT2D eigenvalue weighted by Gasteiger charge is 2.35. The van der Waals surface area contributed by atoms with E-state index in [2.05, 4.69) is 58.8 Å². The molecule has 1 fully saturated rings. The van der Waals surface area contributed by atoms with Crippen LogP contribution in [0.5, 0.6) is 0 Å². The van der Waals surface area contributed by atoms with Crippen molar-refractivity contribution >= 4 is 0 Å². The number of nitrogens with zero attached hydrogens (tertiary/aromatic N) is 1. The largest absolute Gasteiger partial charge is 0.317 e. The second-order valence-electron chi connectivity index (χ2n) is 7.93. The highest BCUT2D eigenvalue weighted by molar-refractivity contribution is 4.89. The topological polar surface area (TPSA) is 15.3 Å². The van der Waals surface area contributed by atoms with Gasteiger partial charge in [-0.15, -0.1) is 0 Å². The van der Waals surface area contributed by atoms with E-state index in [1.165, 1.54) is 38.8 Å². The van der Waals surface area contributed by atoms with Crippen LogP contribution in [-0.2, 0) is 0 Å². The molecule has 126 valence electrons. The highest BCUT2D eigenvalue weighted by Crippen LogP contribution is 2.35. The fourth-order valence-electron chi connectivity index (χ4n) is 4.47. The molecule has 0 aromatic heterocycles. The van der Waals surface area contributed by atoms with Crippen molar-refractivity contribution < 1.29 is 0 Å². The summed E-state index contributed by atoms with van der Waals surface area (Å²) in [7, 11) is 2.16. The number of hydrogen-bond donors (Lipinski definition) is 1. The molecule has 0 aromatic carbocycles. The Balaban J connectivity index is 2.78. The standard InChI is InChI=1S/C19H40N2/c1-8-17(9-2)21(12-14(3)4)13-18-16(6)10-15(5)11-19(18)20-7/h14-20H,8-13H2,1-7H3. The fourth-order valence-corrected chi connectivity index (χ4v) is 4.47. The van der Waals surface area contributed by atoms with E-state index in [0.717, 1.165) is 29.7 Å². The summed E-state index contributed by atoms with van der Waals surface area (Å²) < 4.78 is 0. The molecule has 1 rings (SSSR count). The van der Waals surface area contributed by atoms with Crippen LogP contribution in [0.2, 0.25) is 0 Å². The van der Waals surface area contributed by atoms with Gasteiger partial charge in [-0.2, -0.15) is 0 Å². The van der Waals surface area contributed by atoms with Gasteiger partial charge in [0.2, 0.25) is 0 Å². The van der Waals surface area contributed by atoms with E-state index in [-0.39, 0.29) is 0 Å². The van der Waals surface area contributed by atoms with Gasteiger partial charge >= 0.3 is 0 Å². The van der Waals surface area contributed by atoms with Crippen molar-refractivity contribution in [3.8, 4) is 0 Å². The molecule has 4 atom stereocenters. The second-order valence-corrected chi connectivity index (χ2v) is 7.93. The molecule has 2 heteroatoms. The zero-order valence-electron chi connectivity index (χ0n) is 15.7. The minimum absolute atomic E-state index is 0.702. The Morgan fingerprint density at radius 1 is 1.10 bits per heavy atom. The maximum absolute atomic E-state index is 3.62. The van der Waals surface area contributed by atoms with Crippen molar-refractivity contribution in [2.24, 2.45) is 23.7 Å². The highest BCUT2D eigenvalue weighted by atomic mass is 15.2. The van der Waals surface area contributed by atoms with Crippen molar-refractivity contribution in [3.05, 3.63) is 0 Å². The Kier molecular flexibility index (Phi) is 8.26. The quantitative estimate of drug-likeness (QED) is 0.714. The van der Waals surface area contributed by atoms with Crippen LogP contribution < -0.4 is 5.32 Å². The number of hydrogen-bond acceptors (Lipinski definition) is 2. The average Bonchev–Trinajstić information content (AvgIpc) is 2.41. The van der Waals surface area contributed by atoms with E-state index in [4.69, 9.17) is 0 Å². The Labute approximate surface area is 134 Å². The molecule has 2 nitrogen and oxygen atoms in total. The summed E-state index contributed by atoms with van der Waals surface area (Å²) in [5, 5.41) is 3.62. The first kappa shape index (κ1) is 19.0. The van der Waals surface area contributed by atoms with Crippen LogP contribution >= 0.6 is 0 Å². The Morgan fingerprint density at radius 2 is 1.71 bits per heavy atom. The van der Waals surface area contributed by atoms with Gasteiger partial charge in [-0.1, -0.05) is 41.5 Å². The van der Waals surface area contributed by atoms with Crippen LogP contribution in [0.15, 0.2) is 0 Å². The SMILES string of the molecule is CCC(CC)N(CC(C)C)CC1C(C)CC(C)CC1NC. The van der Waals surface area contributed by atoms with Gasteiger partial charge in [0.05, 0.1) is 0 Å². The summed E-state index contributed by atoms with van der Waals surface area (Å²) in [6, 6.07) is 1.46. The number of rotatable bonds is 8. The molecule has 0 radical (unpaired) electrons. The molecule has 0 saturated heterocycles. The molecule has 0 spiro atoms. The summed E-state index contributed by atoms with van der Waals surface area (Å²) in [5.41, 5.74) is 0. The lowest BCUT2D eigenvalue weighted by Gasteiger charge is -2.44. The van der Waals surface area contributed by atoms with Crippen molar-refractivity contribution in [1.82, 2.24) is 10.2 Å². The molecular weight excluding hydrogens is 256 g/mol. The van der Waals surface area contributed by atoms with Gasteiger partial charge in [-0.25, -0.2) is 0 Å². The second kappa shape index (κ2) is 9.15. The van der Waals surface area contributed by atoms with Gasteiger partial charge in [0.25, 0.3) is 0 Å². The molecular formula is C19H40N2. The maximum atomic E-state index is 3.62. The predicted molar refractivity (Wildman–Crippen MR) is 94.7 cm³/mol. The minimum Gasteiger partial charge on any atom is -0.317 e. The Hall–Kier alpha value is -0.0800. The molecule has 1 saturated carbocycles. The van der Waals surface area contributed by atoms with Crippen molar-refractivity contribution in [1.29, 1.82) is 0 Å². The van der Waals surface area contributed by atoms with E-state index >= 15 is 0 Å². The van der Waals surface area contributed by atoms with Crippen LogP contribution in [0.4, 0.5) is 0 Å². The molecule has 0 heterocycles. The maximum Gasteiger partial charge on any atom is 0.0110 e. The lowest BCUT2D eigenvalue weighted by molar-refractivity contribution is 0.0720. The Bertz CT molecular complexity index is 273. The molecule has 0 bridgehead atoms. The first-order valence-electron chi connectivity index (χ1n) is 9.34. The summed E-state index contributed by atoms with van der Waals surface area (Å²) >= 11 is 0. The molecule has 21 heavy (non-hydrogen) atoms. The van der Waals surface area contributed by atoms with Gasteiger partial charge in [0, 0.05) is 25.2 Å². The minimum atomic E-state index is 0.702. The third-order valence-electron chi connectivity index (χ3n) is 5.55. The van der Waals surface area contributed by atoms with Crippen molar-refractivity contribution in [2.75, 3.05) is 20.1 Å². The fraction of sp³-hybridized carbons (Fsp3) is 1.00. The molecule has 1 N–H and O–H groups in total. The lowest BCUT2D eigenvalue weighted by Crippen LogP contribution is -2.50. The Morgan fingerprint density at radius 3 is 2.19 bits per heavy atom. The van der Waals surface area contributed by atoms with Crippen LogP contribution in [0.25, 0.3) is 0 Å². The molecule has 0 aromatic rings. The summed E-state index contributed by atoms with van der Waals surface area (Å²) in [5.74, 6) is 3.29. The molecule has 4 unspecified atom stereocenters. The predicted octanol–water partition coefficient (Wildman–Crippen LogP) is 4.40. The summed E-state index contributed by atoms with van der Waals surface area (Å²) in [6.07, 6.45) is 5.32. The van der Waals surface area contributed by atoms with Gasteiger partial charge in [-0.05, 0) is 56.4 Å². The molecule has 0 amide bonds. The molecule has 1 aliphatic rings. The molecule has 1 aliphatic carbocycles. The zero-order valence-corrected chi connectivity index (χ0v) is 15.7. The van der Waals surface area contributed by atoms with Crippen LogP contribution in [0.3, 0.4) is 0 Å². The van der Waals surface area contributed by atoms with Crippen LogP contribution in [-0.4, -0.2) is 37.1 Å². The van der Waals surface area contributed by atoms with Gasteiger partial charge < -0.3 is 5.32 Å². The van der Waals surface area contributed by atoms with Gasteiger partial charge in [0.15, 0.2) is 0 Å². The zero-order chi connectivity index (χ0) is 16.0. The van der Waals surface area contributed by atoms with Gasteiger partial charge in [-0.3, -0.25) is 4.90 Å². The summed E-state index contributed by atoms with van der Waals surface area (Å²) in [4.78, 5) is 2.80. The third kappa shape index (κ3) is 5.56. The number of nitrogens with one attached hydrogen (secondary N) is 1. The van der Waals surface area contributed by atoms with E-state index < -0.39 is 0 Å².